The van der Waals surface area contributed by atoms with Crippen molar-refractivity contribution in [1.82, 2.24) is 9.55 Å². The Morgan fingerprint density at radius 3 is 1.45 bits per heavy atom. The van der Waals surface area contributed by atoms with Gasteiger partial charge in [0.25, 0.3) is 0 Å². The fourth-order valence-corrected chi connectivity index (χ4v) is 12.4. The van der Waals surface area contributed by atoms with Gasteiger partial charge in [-0.25, -0.2) is 4.98 Å². The molecule has 0 spiro atoms. The average Bonchev–Trinajstić information content (AvgIpc) is 1.79. The van der Waals surface area contributed by atoms with Crippen molar-refractivity contribution in [3.05, 3.63) is 293 Å². The number of hydrogen-bond donors (Lipinski definition) is 0. The monoisotopic (exact) mass is 1290 g/mol. The summed E-state index contributed by atoms with van der Waals surface area (Å²) in [7, 11) is 0. The molecule has 12 rings (SSSR count). The van der Waals surface area contributed by atoms with Crippen LogP contribution in [-0.2, 0) is 53.6 Å². The number of hydrogen-bond acceptors (Lipinski definition) is 3. The second kappa shape index (κ2) is 21.9. The van der Waals surface area contributed by atoms with E-state index in [-0.39, 0.29) is 48.1 Å². The minimum Gasteiger partial charge on any atom is -0.493 e. The van der Waals surface area contributed by atoms with E-state index in [2.05, 4.69) is 342 Å². The molecule has 5 heteroatoms. The molecule has 3 heterocycles. The van der Waals surface area contributed by atoms with Crippen LogP contribution in [0.5, 0.6) is 0 Å². The Labute approximate surface area is 520 Å². The van der Waals surface area contributed by atoms with E-state index >= 15 is 0 Å². The number of rotatable bonds is 10. The average molecular weight is 1290 g/mol. The maximum atomic E-state index is 5.31. The van der Waals surface area contributed by atoms with Crippen molar-refractivity contribution in [3.8, 4) is 16.9 Å². The number of aromatic nitrogens is 2. The molecule has 0 unspecified atom stereocenters. The van der Waals surface area contributed by atoms with Gasteiger partial charge in [0.2, 0.25) is 0 Å². The van der Waals surface area contributed by atoms with Crippen LogP contribution in [-0.4, -0.2) is 9.55 Å². The third-order valence-corrected chi connectivity index (χ3v) is 17.7. The van der Waals surface area contributed by atoms with E-state index in [4.69, 9.17) is 4.98 Å². The Morgan fingerprint density at radius 2 is 0.882 bits per heavy atom. The molecule has 2 aromatic heterocycles. The first-order valence-electron chi connectivity index (χ1n) is 29.9. The number of nitrogens with zero attached hydrogens (tertiary/aromatic N) is 4. The first kappa shape index (κ1) is 59.0. The minimum absolute atomic E-state index is 0. The van der Waals surface area contributed by atoms with Crippen LogP contribution in [0.3, 0.4) is 0 Å². The molecule has 85 heavy (non-hydrogen) atoms. The van der Waals surface area contributed by atoms with Crippen LogP contribution in [0.25, 0.3) is 38.8 Å². The van der Waals surface area contributed by atoms with Gasteiger partial charge in [-0.3, -0.25) is 0 Å². The van der Waals surface area contributed by atoms with Crippen LogP contribution in [0.4, 0.5) is 22.7 Å². The van der Waals surface area contributed by atoms with E-state index in [1.165, 1.54) is 38.9 Å². The van der Waals surface area contributed by atoms with Gasteiger partial charge in [-0.15, -0.1) is 28.9 Å². The molecule has 0 N–H and O–H groups in total. The van der Waals surface area contributed by atoms with E-state index in [1.54, 1.807) is 0 Å². The maximum absolute atomic E-state index is 5.31. The molecule has 1 aliphatic rings. The molecule has 0 saturated carbocycles. The van der Waals surface area contributed by atoms with Crippen LogP contribution < -0.4 is 9.80 Å². The molecule has 0 atom stereocenters. The predicted molar refractivity (Wildman–Crippen MR) is 355 cm³/mol. The van der Waals surface area contributed by atoms with Gasteiger partial charge in [-0.05, 0) is 125 Å². The first-order valence-corrected chi connectivity index (χ1v) is 29.9. The molecule has 0 saturated heterocycles. The molecule has 0 amide bonds. The summed E-state index contributed by atoms with van der Waals surface area (Å²) in [4.78, 5) is 9.99. The zero-order valence-electron chi connectivity index (χ0n) is 52.0. The summed E-state index contributed by atoms with van der Waals surface area (Å²) in [5.41, 5.74) is 19.3. The molecule has 0 radical (unpaired) electrons. The maximum Gasteiger partial charge on any atom is 0.135 e. The van der Waals surface area contributed by atoms with Crippen LogP contribution >= 0.6 is 0 Å². The molecule has 0 fully saturated rings. The van der Waals surface area contributed by atoms with E-state index in [1.807, 2.05) is 6.20 Å². The summed E-state index contributed by atoms with van der Waals surface area (Å²) in [5.74, 6) is 0.846. The van der Waals surface area contributed by atoms with Crippen molar-refractivity contribution in [2.45, 2.75) is 129 Å². The van der Waals surface area contributed by atoms with Gasteiger partial charge >= 0.3 is 0 Å². The summed E-state index contributed by atoms with van der Waals surface area (Å²) in [6.07, 6.45) is 2.00. The summed E-state index contributed by atoms with van der Waals surface area (Å²) in [6, 6.07) is 87.0. The van der Waals surface area contributed by atoms with Crippen molar-refractivity contribution >= 4 is 44.6 Å². The molecule has 1 aliphatic heterocycles. The van der Waals surface area contributed by atoms with Gasteiger partial charge in [0, 0.05) is 60.7 Å². The van der Waals surface area contributed by atoms with Crippen LogP contribution in [0.1, 0.15) is 153 Å². The fraction of sp³-hybridized carbons (Fsp3) is 0.250. The fourth-order valence-electron chi connectivity index (χ4n) is 12.4. The molecule has 11 aromatic rings. The van der Waals surface area contributed by atoms with Crippen molar-refractivity contribution < 1.29 is 21.1 Å². The summed E-state index contributed by atoms with van der Waals surface area (Å²) in [6.45, 7) is 34.7. The third-order valence-electron chi connectivity index (χ3n) is 17.7. The van der Waals surface area contributed by atoms with E-state index in [0.717, 1.165) is 78.2 Å². The molecule has 0 aliphatic carbocycles. The molecular formula is C80H79N4Pt-3. The SMILES string of the molecule is CC(C)(C)c1cc(N2[CH-]N(c3[c-]c(C(c4[c-]c5c(cc4)c4cc(-c6ccccc6)ccc4n5-c4cc(C(C)(C)c5cc(C(C)(C)C)cc(C(C)(C)C)c5)ccn4)(c4ccccc4)c4ccccc4)ccc3)c3ccccc32)cc(C(C)(C)C)c1.[Pt]. The van der Waals surface area contributed by atoms with Crippen LogP contribution in [0.2, 0.25) is 0 Å². The third kappa shape index (κ3) is 10.8. The Morgan fingerprint density at radius 1 is 0.376 bits per heavy atom. The molecule has 432 valence electrons. The zero-order chi connectivity index (χ0) is 59.1. The van der Waals surface area contributed by atoms with Crippen molar-refractivity contribution in [1.29, 1.82) is 0 Å². The summed E-state index contributed by atoms with van der Waals surface area (Å²) in [5, 5.41) is 2.24. The van der Waals surface area contributed by atoms with E-state index < -0.39 is 5.41 Å². The number of fused-ring (bicyclic) bond motifs is 4. The zero-order valence-corrected chi connectivity index (χ0v) is 54.2. The van der Waals surface area contributed by atoms with Gasteiger partial charge in [-0.2, -0.15) is 42.5 Å². The Hall–Kier alpha value is -7.78. The molecule has 0 bridgehead atoms. The molecular weight excluding hydrogens is 1210 g/mol. The Balaban J connectivity index is 0.00000752. The van der Waals surface area contributed by atoms with Crippen molar-refractivity contribution in [3.63, 3.8) is 0 Å². The van der Waals surface area contributed by atoms with Gasteiger partial charge in [0.15, 0.2) is 0 Å². The summed E-state index contributed by atoms with van der Waals surface area (Å²) < 4.78 is 2.36. The Bertz CT molecular complexity index is 4130. The predicted octanol–water partition coefficient (Wildman–Crippen LogP) is 20.8. The van der Waals surface area contributed by atoms with Gasteiger partial charge < -0.3 is 14.4 Å². The molecule has 4 nitrogen and oxygen atoms in total. The second-order valence-electron chi connectivity index (χ2n) is 27.9. The minimum atomic E-state index is -0.884. The van der Waals surface area contributed by atoms with Crippen molar-refractivity contribution in [2.24, 2.45) is 0 Å². The van der Waals surface area contributed by atoms with Gasteiger partial charge in [0.05, 0.1) is 0 Å². The number of pyridine rings is 1. The van der Waals surface area contributed by atoms with Gasteiger partial charge in [-0.1, -0.05) is 242 Å². The number of para-hydroxylation sites is 2. The smallest absolute Gasteiger partial charge is 0.135 e. The second-order valence-corrected chi connectivity index (χ2v) is 27.9. The topological polar surface area (TPSA) is 24.3 Å². The van der Waals surface area contributed by atoms with Crippen LogP contribution in [0.15, 0.2) is 219 Å². The molecule has 9 aromatic carbocycles. The quantitative estimate of drug-likeness (QED) is 0.101. The largest absolute Gasteiger partial charge is 0.493 e. The normalized spacial score (nSPS) is 13.3. The van der Waals surface area contributed by atoms with Crippen molar-refractivity contribution in [2.75, 3.05) is 9.80 Å². The first-order chi connectivity index (χ1) is 39.9. The number of anilines is 4. The van der Waals surface area contributed by atoms with E-state index in [0.29, 0.717) is 0 Å². The van der Waals surface area contributed by atoms with Crippen LogP contribution in [0, 0.1) is 18.8 Å². The standard InChI is InChI=1S/C80H79N4.Pt/c1-75(2,3)61-44-62(76(4,5)6)47-65(46-61)79(13,14)58-41-42-81-74(52-58)84-70-40-37-55(54-27-18-15-19-28-54)43-69(70)68-39-38-60(51-73(68)84)80(56-29-20-16-21-30-56,57-31-22-17-23-32-57)59-33-26-34-66(48-59)82-53-83(72-36-25-24-35-71(72)82)67-49-63(77(7,8)9)45-64(50-67)78(10,11)12;/h15-47,49-50,52-53H,1-14H3;/q-3;. The Kier molecular flexibility index (Phi) is 15.2. The summed E-state index contributed by atoms with van der Waals surface area (Å²) >= 11 is 0. The number of benzene rings is 9. The van der Waals surface area contributed by atoms with E-state index in [9.17, 15) is 0 Å². The van der Waals surface area contributed by atoms with Gasteiger partial charge in [0.1, 0.15) is 5.82 Å².